The lowest BCUT2D eigenvalue weighted by Crippen LogP contribution is -2.34. The topological polar surface area (TPSA) is 62.0 Å². The third-order valence-corrected chi connectivity index (χ3v) is 4.24. The minimum absolute atomic E-state index is 0.208. The number of rotatable bonds is 4. The molecule has 2 fully saturated rings. The summed E-state index contributed by atoms with van der Waals surface area (Å²) in [5.41, 5.74) is 1.15. The Morgan fingerprint density at radius 2 is 2.22 bits per heavy atom. The lowest BCUT2D eigenvalue weighted by molar-refractivity contribution is 0.0941. The molecule has 2 aliphatic carbocycles. The van der Waals surface area contributed by atoms with Gasteiger partial charge in [0.25, 0.3) is 5.91 Å². The molecule has 3 rings (SSSR count). The lowest BCUT2D eigenvalue weighted by atomic mass is 10.0. The fourth-order valence-electron chi connectivity index (χ4n) is 2.69. The average Bonchev–Trinajstić information content (AvgIpc) is 3.17. The molecule has 1 heterocycles. The van der Waals surface area contributed by atoms with Crippen molar-refractivity contribution in [3.8, 4) is 0 Å². The lowest BCUT2D eigenvalue weighted by Gasteiger charge is -2.14. The second kappa shape index (κ2) is 3.97. The van der Waals surface area contributed by atoms with E-state index in [1.807, 2.05) is 0 Å². The van der Waals surface area contributed by atoms with Gasteiger partial charge in [-0.3, -0.25) is 9.59 Å². The van der Waals surface area contributed by atoms with E-state index in [0.717, 1.165) is 18.2 Å². The van der Waals surface area contributed by atoms with Crippen molar-refractivity contribution in [3.63, 3.8) is 0 Å². The first-order valence-electron chi connectivity index (χ1n) is 6.58. The van der Waals surface area contributed by atoms with Gasteiger partial charge < -0.3 is 10.3 Å². The molecule has 0 aliphatic heterocycles. The summed E-state index contributed by atoms with van der Waals surface area (Å²) in [6, 6.07) is 1.46. The normalized spacial score (nSPS) is 20.5. The number of aromatic amines is 1. The molecular formula is C14H18N2O2. The summed E-state index contributed by atoms with van der Waals surface area (Å²) >= 11 is 0. The Morgan fingerprint density at radius 1 is 1.50 bits per heavy atom. The molecule has 0 bridgehead atoms. The first-order chi connectivity index (χ1) is 8.61. The predicted molar refractivity (Wildman–Crippen MR) is 68.5 cm³/mol. The molecular weight excluding hydrogens is 228 g/mol. The van der Waals surface area contributed by atoms with Crippen LogP contribution in [0.15, 0.2) is 17.1 Å². The quantitative estimate of drug-likeness (QED) is 0.847. The Kier molecular flexibility index (Phi) is 2.54. The van der Waals surface area contributed by atoms with Crippen molar-refractivity contribution < 1.29 is 4.79 Å². The third-order valence-electron chi connectivity index (χ3n) is 4.24. The van der Waals surface area contributed by atoms with Crippen LogP contribution in [0.25, 0.3) is 0 Å². The summed E-state index contributed by atoms with van der Waals surface area (Å²) < 4.78 is 0. The van der Waals surface area contributed by atoms with E-state index >= 15 is 0 Å². The molecule has 4 heteroatoms. The predicted octanol–water partition coefficient (Wildman–Crippen LogP) is 1.60. The Morgan fingerprint density at radius 3 is 2.78 bits per heavy atom. The molecule has 2 aliphatic rings. The highest BCUT2D eigenvalue weighted by Crippen LogP contribution is 2.60. The van der Waals surface area contributed by atoms with Crippen molar-refractivity contribution in [3.05, 3.63) is 33.7 Å². The van der Waals surface area contributed by atoms with Gasteiger partial charge in [0.15, 0.2) is 5.43 Å². The summed E-state index contributed by atoms with van der Waals surface area (Å²) in [7, 11) is 0. The molecule has 2 saturated carbocycles. The number of carbonyl (C=O) groups is 1. The zero-order chi connectivity index (χ0) is 12.8. The summed E-state index contributed by atoms with van der Waals surface area (Å²) in [5.74, 6) is 0.567. The fourth-order valence-corrected chi connectivity index (χ4v) is 2.69. The van der Waals surface area contributed by atoms with Gasteiger partial charge in [-0.05, 0) is 43.9 Å². The monoisotopic (exact) mass is 246 g/mol. The molecule has 96 valence electrons. The Hall–Kier alpha value is -1.58. The molecule has 4 nitrogen and oxygen atoms in total. The van der Waals surface area contributed by atoms with Crippen molar-refractivity contribution in [2.45, 2.75) is 32.6 Å². The number of hydrogen-bond acceptors (Lipinski definition) is 2. The minimum atomic E-state index is -0.247. The minimum Gasteiger partial charge on any atom is -0.364 e. The summed E-state index contributed by atoms with van der Waals surface area (Å²) in [6.45, 7) is 2.53. The Bertz CT molecular complexity index is 539. The van der Waals surface area contributed by atoms with Gasteiger partial charge in [0.05, 0.1) is 0 Å². The van der Waals surface area contributed by atoms with E-state index in [2.05, 4.69) is 10.3 Å². The van der Waals surface area contributed by atoms with Crippen LogP contribution in [0.3, 0.4) is 0 Å². The van der Waals surface area contributed by atoms with E-state index in [0.29, 0.717) is 5.41 Å². The van der Waals surface area contributed by atoms with Gasteiger partial charge in [-0.2, -0.15) is 0 Å². The van der Waals surface area contributed by atoms with Gasteiger partial charge >= 0.3 is 0 Å². The largest absolute Gasteiger partial charge is 0.364 e. The van der Waals surface area contributed by atoms with Gasteiger partial charge in [0.2, 0.25) is 0 Å². The maximum Gasteiger partial charge on any atom is 0.256 e. The Balaban J connectivity index is 1.66. The number of pyridine rings is 1. The van der Waals surface area contributed by atoms with E-state index in [4.69, 9.17) is 0 Å². The highest BCUT2D eigenvalue weighted by Gasteiger charge is 2.53. The molecule has 18 heavy (non-hydrogen) atoms. The average molecular weight is 246 g/mol. The first kappa shape index (κ1) is 11.5. The number of carbonyl (C=O) groups excluding carboxylic acids is 1. The zero-order valence-corrected chi connectivity index (χ0v) is 10.6. The highest BCUT2D eigenvalue weighted by atomic mass is 16.2. The molecule has 0 saturated heterocycles. The van der Waals surface area contributed by atoms with E-state index in [-0.39, 0.29) is 16.9 Å². The van der Waals surface area contributed by atoms with Crippen LogP contribution in [-0.4, -0.2) is 17.4 Å². The van der Waals surface area contributed by atoms with E-state index in [1.54, 1.807) is 6.92 Å². The van der Waals surface area contributed by atoms with Crippen LogP contribution < -0.4 is 10.7 Å². The van der Waals surface area contributed by atoms with Crippen LogP contribution in [0.4, 0.5) is 0 Å². The van der Waals surface area contributed by atoms with E-state index in [1.165, 1.54) is 37.9 Å². The fraction of sp³-hybridized carbons (Fsp3) is 0.571. The number of H-pyrrole nitrogens is 1. The molecule has 0 aromatic carbocycles. The number of nitrogens with one attached hydrogen (secondary N) is 2. The maximum atomic E-state index is 12.0. The zero-order valence-electron chi connectivity index (χ0n) is 10.6. The van der Waals surface area contributed by atoms with Crippen LogP contribution in [0.5, 0.6) is 0 Å². The van der Waals surface area contributed by atoms with Crippen LogP contribution in [-0.2, 0) is 0 Å². The van der Waals surface area contributed by atoms with Crippen molar-refractivity contribution in [2.75, 3.05) is 6.54 Å². The first-order valence-corrected chi connectivity index (χ1v) is 6.58. The Labute approximate surface area is 106 Å². The summed E-state index contributed by atoms with van der Waals surface area (Å²) in [4.78, 5) is 26.6. The molecule has 0 unspecified atom stereocenters. The van der Waals surface area contributed by atoms with Gasteiger partial charge in [-0.1, -0.05) is 0 Å². The molecule has 0 spiro atoms. The summed E-state index contributed by atoms with van der Waals surface area (Å²) in [6.07, 6.45) is 6.57. The molecule has 0 atom stereocenters. The van der Waals surface area contributed by atoms with Gasteiger partial charge in [-0.25, -0.2) is 0 Å². The van der Waals surface area contributed by atoms with Crippen molar-refractivity contribution in [1.82, 2.24) is 10.3 Å². The van der Waals surface area contributed by atoms with Crippen LogP contribution in [0, 0.1) is 18.3 Å². The number of aromatic nitrogens is 1. The van der Waals surface area contributed by atoms with Crippen molar-refractivity contribution in [2.24, 2.45) is 11.3 Å². The highest BCUT2D eigenvalue weighted by molar-refractivity contribution is 5.93. The second-order valence-corrected chi connectivity index (χ2v) is 5.71. The number of amides is 1. The molecule has 1 amide bonds. The van der Waals surface area contributed by atoms with Crippen molar-refractivity contribution in [1.29, 1.82) is 0 Å². The number of aryl methyl sites for hydroxylation is 1. The SMILES string of the molecule is Cc1cc(=O)c(C(=O)NCC2(C3CC3)CC2)c[nH]1. The van der Waals surface area contributed by atoms with Crippen molar-refractivity contribution >= 4 is 5.91 Å². The smallest absolute Gasteiger partial charge is 0.256 e. The van der Waals surface area contributed by atoms with Crippen LogP contribution in [0.1, 0.15) is 41.7 Å². The van der Waals surface area contributed by atoms with E-state index in [9.17, 15) is 9.59 Å². The number of hydrogen-bond donors (Lipinski definition) is 2. The standard InChI is InChI=1S/C14H18N2O2/c1-9-6-12(17)11(7-15-9)13(18)16-8-14(4-5-14)10-2-3-10/h6-7,10H,2-5,8H2,1H3,(H,15,17)(H,16,18). The van der Waals surface area contributed by atoms with Gasteiger partial charge in [0.1, 0.15) is 5.56 Å². The van der Waals surface area contributed by atoms with Gasteiger partial charge in [0, 0.05) is 24.5 Å². The molecule has 2 N–H and O–H groups in total. The molecule has 1 aromatic heterocycles. The summed E-state index contributed by atoms with van der Waals surface area (Å²) in [5, 5.41) is 2.92. The van der Waals surface area contributed by atoms with Gasteiger partial charge in [-0.15, -0.1) is 0 Å². The van der Waals surface area contributed by atoms with E-state index < -0.39 is 0 Å². The van der Waals surface area contributed by atoms with Crippen LogP contribution >= 0.6 is 0 Å². The maximum absolute atomic E-state index is 12.0. The van der Waals surface area contributed by atoms with Crippen LogP contribution in [0.2, 0.25) is 0 Å². The third kappa shape index (κ3) is 2.07. The molecule has 0 radical (unpaired) electrons. The molecule has 1 aromatic rings. The second-order valence-electron chi connectivity index (χ2n) is 5.71.